The van der Waals surface area contributed by atoms with Crippen LogP contribution < -0.4 is 5.32 Å². The lowest BCUT2D eigenvalue weighted by atomic mass is 10.1. The van der Waals surface area contributed by atoms with Gasteiger partial charge in [-0.3, -0.25) is 9.59 Å². The molecule has 0 aliphatic carbocycles. The van der Waals surface area contributed by atoms with Gasteiger partial charge in [0, 0.05) is 22.8 Å². The number of carbonyl (C=O) groups excluding carboxylic acids is 2. The van der Waals surface area contributed by atoms with E-state index in [9.17, 15) is 9.59 Å². The lowest BCUT2D eigenvalue weighted by Crippen LogP contribution is -2.48. The van der Waals surface area contributed by atoms with E-state index in [1.165, 1.54) is 0 Å². The summed E-state index contributed by atoms with van der Waals surface area (Å²) in [4.78, 5) is 27.2. The van der Waals surface area contributed by atoms with Gasteiger partial charge in [0.25, 0.3) is 0 Å². The summed E-state index contributed by atoms with van der Waals surface area (Å²) in [5.74, 6) is -0.315. The summed E-state index contributed by atoms with van der Waals surface area (Å²) in [6.07, 6.45) is 0.0662. The van der Waals surface area contributed by atoms with Crippen molar-refractivity contribution < 1.29 is 9.59 Å². The lowest BCUT2D eigenvalue weighted by Gasteiger charge is -2.24. The maximum atomic E-state index is 12.2. The molecule has 0 radical (unpaired) electrons. The van der Waals surface area contributed by atoms with Crippen molar-refractivity contribution in [1.29, 1.82) is 0 Å². The highest BCUT2D eigenvalue weighted by Crippen LogP contribution is 2.24. The third-order valence-electron chi connectivity index (χ3n) is 2.42. The van der Waals surface area contributed by atoms with E-state index < -0.39 is 5.54 Å². The first-order chi connectivity index (χ1) is 9.45. The van der Waals surface area contributed by atoms with Gasteiger partial charge in [-0.2, -0.15) is 0 Å². The zero-order valence-corrected chi connectivity index (χ0v) is 12.2. The van der Waals surface area contributed by atoms with Crippen molar-refractivity contribution in [1.82, 2.24) is 5.32 Å². The maximum Gasteiger partial charge on any atom is 0.220 e. The molecule has 0 aliphatic rings. The van der Waals surface area contributed by atoms with Crippen LogP contribution in [0.4, 0.5) is 0 Å². The Morgan fingerprint density at radius 3 is 2.60 bits per heavy atom. The van der Waals surface area contributed by atoms with Gasteiger partial charge in [0.15, 0.2) is 0 Å². The number of nitrogens with one attached hydrogen (secondary N) is 1. The van der Waals surface area contributed by atoms with Crippen molar-refractivity contribution in [2.45, 2.75) is 30.7 Å². The molecule has 1 N–H and O–H groups in total. The molecule has 6 nitrogen and oxygen atoms in total. The van der Waals surface area contributed by atoms with Crippen molar-refractivity contribution in [3.8, 4) is 0 Å². The summed E-state index contributed by atoms with van der Waals surface area (Å²) < 4.78 is 0. The van der Waals surface area contributed by atoms with Gasteiger partial charge in [0.05, 0.1) is 0 Å². The number of hydrogen-bond acceptors (Lipinski definition) is 4. The molecule has 0 spiro atoms. The molecule has 0 saturated heterocycles. The molecule has 1 amide bonds. The van der Waals surface area contributed by atoms with Crippen LogP contribution in [0.1, 0.15) is 20.3 Å². The zero-order valence-electron chi connectivity index (χ0n) is 11.4. The summed E-state index contributed by atoms with van der Waals surface area (Å²) >= 11 is 1.09. The molecule has 1 aromatic rings. The fourth-order valence-electron chi connectivity index (χ4n) is 1.38. The first-order valence-corrected chi connectivity index (χ1v) is 6.86. The Kier molecular flexibility index (Phi) is 6.09. The zero-order chi connectivity index (χ0) is 15.0. The van der Waals surface area contributed by atoms with E-state index in [-0.39, 0.29) is 24.0 Å². The van der Waals surface area contributed by atoms with E-state index in [2.05, 4.69) is 15.3 Å². The summed E-state index contributed by atoms with van der Waals surface area (Å²) in [5.41, 5.74) is 7.16. The maximum absolute atomic E-state index is 12.2. The van der Waals surface area contributed by atoms with Gasteiger partial charge in [0.1, 0.15) is 5.54 Å². The Bertz CT molecular complexity index is 524. The average Bonchev–Trinajstić information content (AvgIpc) is 2.39. The molecule has 0 aromatic heterocycles. The van der Waals surface area contributed by atoms with Crippen LogP contribution in [0.3, 0.4) is 0 Å². The summed E-state index contributed by atoms with van der Waals surface area (Å²) in [5, 5.41) is 5.77. The molecule has 20 heavy (non-hydrogen) atoms. The number of rotatable bonds is 6. The normalized spacial score (nSPS) is 10.5. The van der Waals surface area contributed by atoms with Crippen LogP contribution in [0, 0.1) is 0 Å². The minimum absolute atomic E-state index is 0.0662. The summed E-state index contributed by atoms with van der Waals surface area (Å²) in [7, 11) is 0. The Hall–Kier alpha value is -1.98. The molecular weight excluding hydrogens is 276 g/mol. The minimum atomic E-state index is -0.978. The summed E-state index contributed by atoms with van der Waals surface area (Å²) in [6, 6.07) is 9.24. The first-order valence-electron chi connectivity index (χ1n) is 6.05. The number of azide groups is 1. The minimum Gasteiger partial charge on any atom is -0.343 e. The fourth-order valence-corrected chi connectivity index (χ4v) is 2.19. The smallest absolute Gasteiger partial charge is 0.220 e. The van der Waals surface area contributed by atoms with Crippen molar-refractivity contribution in [3.05, 3.63) is 40.8 Å². The van der Waals surface area contributed by atoms with E-state index >= 15 is 0 Å². The van der Waals surface area contributed by atoms with Crippen molar-refractivity contribution in [2.75, 3.05) is 6.54 Å². The van der Waals surface area contributed by atoms with Crippen LogP contribution in [-0.4, -0.2) is 23.1 Å². The number of hydrogen-bond donors (Lipinski definition) is 1. The molecule has 0 bridgehead atoms. The molecule has 1 rings (SSSR count). The van der Waals surface area contributed by atoms with E-state index in [1.54, 1.807) is 13.8 Å². The molecule has 0 saturated carbocycles. The molecule has 0 atom stereocenters. The van der Waals surface area contributed by atoms with Gasteiger partial charge >= 0.3 is 0 Å². The number of nitrogens with zero attached hydrogens (tertiary/aromatic N) is 3. The molecule has 0 heterocycles. The molecule has 0 fully saturated rings. The van der Waals surface area contributed by atoms with Crippen LogP contribution in [-0.2, 0) is 9.59 Å². The standard InChI is InChI=1S/C13H16N4O2S/c1-13(2,16-11(18)8-9-15-17-14)12(19)20-10-6-4-3-5-7-10/h3-7H,8-9H2,1-2H3,(H,16,18). The Morgan fingerprint density at radius 2 is 2.00 bits per heavy atom. The third kappa shape index (κ3) is 5.34. The van der Waals surface area contributed by atoms with E-state index in [1.807, 2.05) is 30.3 Å². The predicted molar refractivity (Wildman–Crippen MR) is 78.2 cm³/mol. The second-order valence-electron chi connectivity index (χ2n) is 4.58. The number of benzene rings is 1. The van der Waals surface area contributed by atoms with Gasteiger partial charge in [-0.15, -0.1) is 0 Å². The molecule has 0 aliphatic heterocycles. The lowest BCUT2D eigenvalue weighted by molar-refractivity contribution is -0.126. The molecule has 7 heteroatoms. The highest BCUT2D eigenvalue weighted by molar-refractivity contribution is 8.13. The highest BCUT2D eigenvalue weighted by Gasteiger charge is 2.29. The van der Waals surface area contributed by atoms with Crippen LogP contribution in [0.2, 0.25) is 0 Å². The quantitative estimate of drug-likeness (QED) is 0.378. The first kappa shape index (κ1) is 16.1. The fraction of sp³-hybridized carbons (Fsp3) is 0.385. The van der Waals surface area contributed by atoms with Gasteiger partial charge in [0.2, 0.25) is 11.0 Å². The molecule has 1 aromatic carbocycles. The number of carbonyl (C=O) groups is 2. The van der Waals surface area contributed by atoms with Gasteiger partial charge in [-0.1, -0.05) is 23.3 Å². The Labute approximate surface area is 121 Å². The van der Waals surface area contributed by atoms with E-state index in [0.717, 1.165) is 16.7 Å². The van der Waals surface area contributed by atoms with Crippen LogP contribution >= 0.6 is 11.8 Å². The van der Waals surface area contributed by atoms with Crippen molar-refractivity contribution >= 4 is 22.8 Å². The monoisotopic (exact) mass is 292 g/mol. The molecule has 0 unspecified atom stereocenters. The highest BCUT2D eigenvalue weighted by atomic mass is 32.2. The largest absolute Gasteiger partial charge is 0.343 e. The predicted octanol–water partition coefficient (Wildman–Crippen LogP) is 2.90. The third-order valence-corrected chi connectivity index (χ3v) is 3.62. The van der Waals surface area contributed by atoms with Crippen LogP contribution in [0.5, 0.6) is 0 Å². The second kappa shape index (κ2) is 7.57. The Balaban J connectivity index is 2.56. The van der Waals surface area contributed by atoms with Crippen LogP contribution in [0.15, 0.2) is 40.3 Å². The van der Waals surface area contributed by atoms with Crippen LogP contribution in [0.25, 0.3) is 10.4 Å². The van der Waals surface area contributed by atoms with Crippen molar-refractivity contribution in [3.63, 3.8) is 0 Å². The summed E-state index contributed by atoms with van der Waals surface area (Å²) in [6.45, 7) is 3.38. The van der Waals surface area contributed by atoms with Crippen molar-refractivity contribution in [2.24, 2.45) is 5.11 Å². The Morgan fingerprint density at radius 1 is 1.35 bits per heavy atom. The number of thioether (sulfide) groups is 1. The second-order valence-corrected chi connectivity index (χ2v) is 5.63. The topological polar surface area (TPSA) is 94.9 Å². The SMILES string of the molecule is CC(C)(NC(=O)CCN=[N+]=[N-])C(=O)Sc1ccccc1. The van der Waals surface area contributed by atoms with E-state index in [4.69, 9.17) is 5.53 Å². The van der Waals surface area contributed by atoms with Gasteiger partial charge in [-0.25, -0.2) is 0 Å². The average molecular weight is 292 g/mol. The number of amides is 1. The van der Waals surface area contributed by atoms with Gasteiger partial charge in [-0.05, 0) is 43.3 Å². The van der Waals surface area contributed by atoms with Gasteiger partial charge < -0.3 is 5.32 Å². The van der Waals surface area contributed by atoms with E-state index in [0.29, 0.717) is 0 Å². The molecule has 106 valence electrons. The molecular formula is C13H16N4O2S.